The van der Waals surface area contributed by atoms with Crippen molar-refractivity contribution in [1.29, 1.82) is 0 Å². The van der Waals surface area contributed by atoms with E-state index in [-0.39, 0.29) is 12.2 Å². The number of amides is 2. The molecule has 0 aliphatic carbocycles. The average molecular weight is 325 g/mol. The number of anilines is 1. The van der Waals surface area contributed by atoms with Crippen LogP contribution in [-0.4, -0.2) is 29.6 Å². The number of aliphatic hydroxyl groups excluding tert-OH is 1. The van der Waals surface area contributed by atoms with Crippen LogP contribution in [0.1, 0.15) is 12.5 Å². The highest BCUT2D eigenvalue weighted by atomic mass is 35.5. The number of aliphatic hydroxyl groups is 1. The SMILES string of the molecule is C[C@H](O)CNC(=O)C(=O)Nc1ccc(Cl)c(C(F)(F)F)c1. The Morgan fingerprint density at radius 1 is 1.33 bits per heavy atom. The zero-order valence-corrected chi connectivity index (χ0v) is 11.5. The summed E-state index contributed by atoms with van der Waals surface area (Å²) in [4.78, 5) is 22.8. The minimum atomic E-state index is -4.67. The summed E-state index contributed by atoms with van der Waals surface area (Å²) >= 11 is 5.42. The Morgan fingerprint density at radius 2 is 1.95 bits per heavy atom. The van der Waals surface area contributed by atoms with Gasteiger partial charge >= 0.3 is 18.0 Å². The highest BCUT2D eigenvalue weighted by Gasteiger charge is 2.33. The fourth-order valence-corrected chi connectivity index (χ4v) is 1.55. The minimum Gasteiger partial charge on any atom is -0.392 e. The van der Waals surface area contributed by atoms with E-state index in [4.69, 9.17) is 16.7 Å². The zero-order chi connectivity index (χ0) is 16.2. The molecule has 0 bridgehead atoms. The quantitative estimate of drug-likeness (QED) is 0.742. The minimum absolute atomic E-state index is 0.152. The van der Waals surface area contributed by atoms with Crippen LogP contribution in [0, 0.1) is 0 Å². The molecule has 1 aromatic rings. The van der Waals surface area contributed by atoms with Crippen LogP contribution in [-0.2, 0) is 15.8 Å². The van der Waals surface area contributed by atoms with Crippen molar-refractivity contribution in [3.63, 3.8) is 0 Å². The van der Waals surface area contributed by atoms with Gasteiger partial charge in [0.25, 0.3) is 0 Å². The first-order chi connectivity index (χ1) is 9.61. The van der Waals surface area contributed by atoms with Crippen molar-refractivity contribution in [3.05, 3.63) is 28.8 Å². The monoisotopic (exact) mass is 324 g/mol. The highest BCUT2D eigenvalue weighted by molar-refractivity contribution is 6.39. The molecule has 0 saturated carbocycles. The summed E-state index contributed by atoms with van der Waals surface area (Å²) in [5.41, 5.74) is -1.34. The predicted molar refractivity (Wildman–Crippen MR) is 69.8 cm³/mol. The third-order valence-electron chi connectivity index (χ3n) is 2.29. The molecule has 1 aromatic carbocycles. The molecule has 0 radical (unpaired) electrons. The molecule has 2 amide bonds. The number of benzene rings is 1. The number of carbonyl (C=O) groups excluding carboxylic acids is 2. The average Bonchev–Trinajstić information content (AvgIpc) is 2.36. The second-order valence-electron chi connectivity index (χ2n) is 4.21. The van der Waals surface area contributed by atoms with E-state index in [0.29, 0.717) is 6.07 Å². The molecule has 1 rings (SSSR count). The summed E-state index contributed by atoms with van der Waals surface area (Å²) in [6, 6.07) is 2.73. The van der Waals surface area contributed by atoms with Crippen LogP contribution in [0.5, 0.6) is 0 Å². The van der Waals surface area contributed by atoms with Gasteiger partial charge in [0.05, 0.1) is 16.7 Å². The molecule has 0 heterocycles. The van der Waals surface area contributed by atoms with E-state index in [1.54, 1.807) is 0 Å². The Balaban J connectivity index is 2.80. The van der Waals surface area contributed by atoms with Crippen molar-refractivity contribution in [2.75, 3.05) is 11.9 Å². The molecular formula is C12H12ClF3N2O3. The largest absolute Gasteiger partial charge is 0.417 e. The summed E-state index contributed by atoms with van der Waals surface area (Å²) in [5.74, 6) is -2.22. The van der Waals surface area contributed by atoms with E-state index in [1.165, 1.54) is 6.92 Å². The lowest BCUT2D eigenvalue weighted by Gasteiger charge is -2.12. The normalized spacial score (nSPS) is 12.7. The summed E-state index contributed by atoms with van der Waals surface area (Å²) in [6.45, 7) is 1.24. The number of hydrogen-bond donors (Lipinski definition) is 3. The lowest BCUT2D eigenvalue weighted by molar-refractivity contribution is -0.137. The van der Waals surface area contributed by atoms with E-state index in [1.807, 2.05) is 5.32 Å². The van der Waals surface area contributed by atoms with Gasteiger partial charge < -0.3 is 15.7 Å². The molecule has 0 saturated heterocycles. The number of halogens is 4. The summed E-state index contributed by atoms with van der Waals surface area (Å²) in [7, 11) is 0. The Bertz CT molecular complexity index is 547. The maximum Gasteiger partial charge on any atom is 0.417 e. The molecule has 9 heteroatoms. The molecule has 0 unspecified atom stereocenters. The van der Waals surface area contributed by atoms with E-state index in [2.05, 4.69) is 5.32 Å². The van der Waals surface area contributed by atoms with Crippen molar-refractivity contribution in [1.82, 2.24) is 5.32 Å². The van der Waals surface area contributed by atoms with Gasteiger partial charge in [-0.2, -0.15) is 13.2 Å². The van der Waals surface area contributed by atoms with Gasteiger partial charge in [0.2, 0.25) is 0 Å². The Hall–Kier alpha value is -1.80. The van der Waals surface area contributed by atoms with Crippen molar-refractivity contribution in [2.45, 2.75) is 19.2 Å². The first kappa shape index (κ1) is 17.3. The molecule has 0 spiro atoms. The number of hydrogen-bond acceptors (Lipinski definition) is 3. The van der Waals surface area contributed by atoms with Crippen molar-refractivity contribution in [3.8, 4) is 0 Å². The van der Waals surface area contributed by atoms with Crippen molar-refractivity contribution in [2.24, 2.45) is 0 Å². The van der Waals surface area contributed by atoms with Gasteiger partial charge in [-0.1, -0.05) is 11.6 Å². The van der Waals surface area contributed by atoms with Crippen LogP contribution in [0.15, 0.2) is 18.2 Å². The third kappa shape index (κ3) is 5.24. The molecular weight excluding hydrogens is 313 g/mol. The number of alkyl halides is 3. The van der Waals surface area contributed by atoms with E-state index < -0.39 is 34.7 Å². The predicted octanol–water partition coefficient (Wildman–Crippen LogP) is 1.79. The van der Waals surface area contributed by atoms with E-state index in [9.17, 15) is 22.8 Å². The smallest absolute Gasteiger partial charge is 0.392 e. The van der Waals surface area contributed by atoms with Crippen molar-refractivity contribution >= 4 is 29.1 Å². The van der Waals surface area contributed by atoms with Crippen LogP contribution < -0.4 is 10.6 Å². The fraction of sp³-hybridized carbons (Fsp3) is 0.333. The van der Waals surface area contributed by atoms with Gasteiger partial charge in [-0.05, 0) is 25.1 Å². The third-order valence-corrected chi connectivity index (χ3v) is 2.62. The standard InChI is InChI=1S/C12H12ClF3N2O3/c1-6(19)5-17-10(20)11(21)18-7-2-3-9(13)8(4-7)12(14,15)16/h2-4,6,19H,5H2,1H3,(H,17,20)(H,18,21)/t6-/m0/s1. The Morgan fingerprint density at radius 3 is 2.48 bits per heavy atom. The van der Waals surface area contributed by atoms with Gasteiger partial charge in [-0.3, -0.25) is 9.59 Å². The topological polar surface area (TPSA) is 78.4 Å². The van der Waals surface area contributed by atoms with E-state index in [0.717, 1.165) is 12.1 Å². The zero-order valence-electron chi connectivity index (χ0n) is 10.8. The second kappa shape index (κ2) is 6.77. The maximum atomic E-state index is 12.6. The molecule has 3 N–H and O–H groups in total. The van der Waals surface area contributed by atoms with Crippen LogP contribution >= 0.6 is 11.6 Å². The Kier molecular flexibility index (Phi) is 5.56. The molecule has 21 heavy (non-hydrogen) atoms. The van der Waals surface area contributed by atoms with Crippen molar-refractivity contribution < 1.29 is 27.9 Å². The highest BCUT2D eigenvalue weighted by Crippen LogP contribution is 2.36. The lowest BCUT2D eigenvalue weighted by atomic mass is 10.2. The Labute approximate surface area is 123 Å². The van der Waals surface area contributed by atoms with Gasteiger partial charge in [0.15, 0.2) is 0 Å². The second-order valence-corrected chi connectivity index (χ2v) is 4.61. The molecule has 0 fully saturated rings. The summed E-state index contributed by atoms with van der Waals surface area (Å²) < 4.78 is 37.9. The number of rotatable bonds is 3. The van der Waals surface area contributed by atoms with Gasteiger partial charge in [-0.15, -0.1) is 0 Å². The number of carbonyl (C=O) groups is 2. The number of nitrogens with one attached hydrogen (secondary N) is 2. The molecule has 5 nitrogen and oxygen atoms in total. The van der Waals surface area contributed by atoms with Gasteiger partial charge in [-0.25, -0.2) is 0 Å². The fourth-order valence-electron chi connectivity index (χ4n) is 1.33. The van der Waals surface area contributed by atoms with Crippen LogP contribution in [0.2, 0.25) is 5.02 Å². The first-order valence-electron chi connectivity index (χ1n) is 5.75. The first-order valence-corrected chi connectivity index (χ1v) is 6.13. The van der Waals surface area contributed by atoms with Crippen LogP contribution in [0.3, 0.4) is 0 Å². The maximum absolute atomic E-state index is 12.6. The lowest BCUT2D eigenvalue weighted by Crippen LogP contribution is -2.38. The molecule has 0 aliphatic rings. The van der Waals surface area contributed by atoms with Crippen LogP contribution in [0.4, 0.5) is 18.9 Å². The molecule has 1 atom stereocenters. The van der Waals surface area contributed by atoms with Gasteiger partial charge in [0, 0.05) is 12.2 Å². The molecule has 116 valence electrons. The van der Waals surface area contributed by atoms with Crippen LogP contribution in [0.25, 0.3) is 0 Å². The van der Waals surface area contributed by atoms with Gasteiger partial charge in [0.1, 0.15) is 0 Å². The molecule has 0 aliphatic heterocycles. The molecule has 0 aromatic heterocycles. The summed E-state index contributed by atoms with van der Waals surface area (Å²) in [5, 5.41) is 12.6. The van der Waals surface area contributed by atoms with E-state index >= 15 is 0 Å². The summed E-state index contributed by atoms with van der Waals surface area (Å²) in [6.07, 6.45) is -5.53.